The highest BCUT2D eigenvalue weighted by molar-refractivity contribution is 7.98. The highest BCUT2D eigenvalue weighted by atomic mass is 32.2. The Morgan fingerprint density at radius 3 is 2.41 bits per heavy atom. The van der Waals surface area contributed by atoms with E-state index in [-0.39, 0.29) is 11.8 Å². The molecule has 1 rings (SSSR count). The molecule has 0 aliphatic heterocycles. The molecule has 1 atom stereocenters. The van der Waals surface area contributed by atoms with Crippen LogP contribution in [-0.2, 0) is 4.79 Å². The van der Waals surface area contributed by atoms with E-state index in [0.29, 0.717) is 6.54 Å². The van der Waals surface area contributed by atoms with Crippen LogP contribution in [0.4, 0.5) is 5.69 Å². The van der Waals surface area contributed by atoms with E-state index in [0.717, 1.165) is 12.1 Å². The molecule has 1 unspecified atom stereocenters. The molecule has 4 heteroatoms. The maximum Gasteiger partial charge on any atom is 0.231 e. The van der Waals surface area contributed by atoms with Crippen molar-refractivity contribution in [1.82, 2.24) is 0 Å². The summed E-state index contributed by atoms with van der Waals surface area (Å²) in [5.41, 5.74) is 6.51. The minimum absolute atomic E-state index is 0.0831. The van der Waals surface area contributed by atoms with Gasteiger partial charge >= 0.3 is 0 Å². The maximum atomic E-state index is 12.1. The quantitative estimate of drug-likeness (QED) is 0.818. The highest BCUT2D eigenvalue weighted by Crippen LogP contribution is 2.21. The fraction of sp³-hybridized carbons (Fsp3) is 0.462. The lowest BCUT2D eigenvalue weighted by atomic mass is 10.1. The van der Waals surface area contributed by atoms with E-state index in [9.17, 15) is 4.79 Å². The fourth-order valence-corrected chi connectivity index (χ4v) is 2.06. The van der Waals surface area contributed by atoms with E-state index >= 15 is 0 Å². The van der Waals surface area contributed by atoms with Gasteiger partial charge in [0.25, 0.3) is 0 Å². The molecule has 0 aliphatic rings. The van der Waals surface area contributed by atoms with Crippen molar-refractivity contribution >= 4 is 23.4 Å². The lowest BCUT2D eigenvalue weighted by Gasteiger charge is -2.22. The number of benzene rings is 1. The van der Waals surface area contributed by atoms with Crippen LogP contribution in [0.3, 0.4) is 0 Å². The summed E-state index contributed by atoms with van der Waals surface area (Å²) >= 11 is 1.69. The summed E-state index contributed by atoms with van der Waals surface area (Å²) < 4.78 is 0. The van der Waals surface area contributed by atoms with Gasteiger partial charge in [-0.25, -0.2) is 0 Å². The number of carbonyl (C=O) groups excluding carboxylic acids is 1. The Balaban J connectivity index is 2.80. The SMILES string of the molecule is CCC(CN)C(=O)N(C)c1ccc(SC)cc1. The van der Waals surface area contributed by atoms with Gasteiger partial charge in [0, 0.05) is 24.2 Å². The monoisotopic (exact) mass is 252 g/mol. The highest BCUT2D eigenvalue weighted by Gasteiger charge is 2.19. The average Bonchev–Trinajstić information content (AvgIpc) is 2.39. The number of hydrogen-bond donors (Lipinski definition) is 1. The summed E-state index contributed by atoms with van der Waals surface area (Å²) in [6.07, 6.45) is 2.81. The smallest absolute Gasteiger partial charge is 0.231 e. The van der Waals surface area contributed by atoms with Crippen molar-refractivity contribution in [2.45, 2.75) is 18.2 Å². The number of hydrogen-bond acceptors (Lipinski definition) is 3. The molecule has 1 aromatic carbocycles. The summed E-state index contributed by atoms with van der Waals surface area (Å²) in [6.45, 7) is 2.39. The van der Waals surface area contributed by atoms with Gasteiger partial charge in [0.1, 0.15) is 0 Å². The lowest BCUT2D eigenvalue weighted by Crippen LogP contribution is -2.36. The Labute approximate surface area is 107 Å². The number of thioether (sulfide) groups is 1. The molecular weight excluding hydrogens is 232 g/mol. The van der Waals surface area contributed by atoms with Crippen LogP contribution in [0.5, 0.6) is 0 Å². The molecule has 0 spiro atoms. The summed E-state index contributed by atoms with van der Waals surface area (Å²) in [4.78, 5) is 15.0. The largest absolute Gasteiger partial charge is 0.330 e. The van der Waals surface area contributed by atoms with Crippen molar-refractivity contribution in [3.63, 3.8) is 0 Å². The van der Waals surface area contributed by atoms with Crippen molar-refractivity contribution in [3.05, 3.63) is 24.3 Å². The van der Waals surface area contributed by atoms with Crippen LogP contribution < -0.4 is 10.6 Å². The number of nitrogens with two attached hydrogens (primary N) is 1. The van der Waals surface area contributed by atoms with Gasteiger partial charge in [0.2, 0.25) is 5.91 Å². The Bertz CT molecular complexity index is 360. The molecule has 2 N–H and O–H groups in total. The molecule has 0 heterocycles. The first kappa shape index (κ1) is 14.1. The number of carbonyl (C=O) groups is 1. The molecule has 0 saturated heterocycles. The number of anilines is 1. The van der Waals surface area contributed by atoms with Crippen LogP contribution in [0.15, 0.2) is 29.2 Å². The van der Waals surface area contributed by atoms with Crippen LogP contribution in [0.2, 0.25) is 0 Å². The van der Waals surface area contributed by atoms with E-state index in [2.05, 4.69) is 0 Å². The second-order valence-corrected chi connectivity index (χ2v) is 4.82. The van der Waals surface area contributed by atoms with E-state index in [4.69, 9.17) is 5.73 Å². The van der Waals surface area contributed by atoms with Crippen molar-refractivity contribution in [2.75, 3.05) is 24.7 Å². The van der Waals surface area contributed by atoms with E-state index in [1.54, 1.807) is 23.7 Å². The van der Waals surface area contributed by atoms with Crippen LogP contribution in [-0.4, -0.2) is 25.8 Å². The van der Waals surface area contributed by atoms with Gasteiger partial charge in [-0.15, -0.1) is 11.8 Å². The minimum Gasteiger partial charge on any atom is -0.330 e. The Hall–Kier alpha value is -1.00. The normalized spacial score (nSPS) is 12.2. The van der Waals surface area contributed by atoms with Crippen LogP contribution in [0, 0.1) is 5.92 Å². The fourth-order valence-electron chi connectivity index (χ4n) is 1.65. The molecule has 1 aromatic rings. The third kappa shape index (κ3) is 3.48. The lowest BCUT2D eigenvalue weighted by molar-refractivity contribution is -0.121. The molecule has 0 radical (unpaired) electrons. The zero-order chi connectivity index (χ0) is 12.8. The molecule has 17 heavy (non-hydrogen) atoms. The third-order valence-corrected chi connectivity index (χ3v) is 3.66. The van der Waals surface area contributed by atoms with Crippen LogP contribution in [0.25, 0.3) is 0 Å². The van der Waals surface area contributed by atoms with Crippen LogP contribution >= 0.6 is 11.8 Å². The summed E-state index contributed by atoms with van der Waals surface area (Å²) in [7, 11) is 1.80. The molecule has 94 valence electrons. The predicted octanol–water partition coefficient (Wildman–Crippen LogP) is 2.36. The molecule has 1 amide bonds. The van der Waals surface area contributed by atoms with E-state index < -0.39 is 0 Å². The Morgan fingerprint density at radius 2 is 2.00 bits per heavy atom. The number of rotatable bonds is 5. The topological polar surface area (TPSA) is 46.3 Å². The number of amides is 1. The second kappa shape index (κ2) is 6.67. The molecule has 0 fully saturated rings. The summed E-state index contributed by atoms with van der Waals surface area (Å²) in [6, 6.07) is 7.97. The van der Waals surface area contributed by atoms with Gasteiger partial charge < -0.3 is 10.6 Å². The minimum atomic E-state index is -0.0831. The summed E-state index contributed by atoms with van der Waals surface area (Å²) in [5.74, 6) is 0.00660. The van der Waals surface area contributed by atoms with Crippen molar-refractivity contribution < 1.29 is 4.79 Å². The van der Waals surface area contributed by atoms with Crippen molar-refractivity contribution in [2.24, 2.45) is 11.7 Å². The molecule has 0 aliphatic carbocycles. The third-order valence-electron chi connectivity index (χ3n) is 2.92. The van der Waals surface area contributed by atoms with Crippen molar-refractivity contribution in [3.8, 4) is 0 Å². The van der Waals surface area contributed by atoms with Crippen LogP contribution in [0.1, 0.15) is 13.3 Å². The standard InChI is InChI=1S/C13H20N2OS/c1-4-10(9-14)13(16)15(2)11-5-7-12(17-3)8-6-11/h5-8,10H,4,9,14H2,1-3H3. The Morgan fingerprint density at radius 1 is 1.41 bits per heavy atom. The first-order chi connectivity index (χ1) is 8.13. The molecule has 0 aromatic heterocycles. The molecular formula is C13H20N2OS. The van der Waals surface area contributed by atoms with Crippen molar-refractivity contribution in [1.29, 1.82) is 0 Å². The molecule has 0 saturated carbocycles. The van der Waals surface area contributed by atoms with Gasteiger partial charge in [0.05, 0.1) is 5.92 Å². The van der Waals surface area contributed by atoms with Gasteiger partial charge in [-0.1, -0.05) is 6.92 Å². The maximum absolute atomic E-state index is 12.1. The first-order valence-corrected chi connectivity index (χ1v) is 6.98. The van der Waals surface area contributed by atoms with Gasteiger partial charge in [-0.3, -0.25) is 4.79 Å². The predicted molar refractivity (Wildman–Crippen MR) is 74.5 cm³/mol. The average molecular weight is 252 g/mol. The van der Waals surface area contributed by atoms with E-state index in [1.807, 2.05) is 37.4 Å². The molecule has 3 nitrogen and oxygen atoms in total. The second-order valence-electron chi connectivity index (χ2n) is 3.94. The molecule has 0 bridgehead atoms. The first-order valence-electron chi connectivity index (χ1n) is 5.75. The summed E-state index contributed by atoms with van der Waals surface area (Å²) in [5, 5.41) is 0. The van der Waals surface area contributed by atoms with Gasteiger partial charge in [-0.05, 0) is 36.9 Å². The van der Waals surface area contributed by atoms with Gasteiger partial charge in [-0.2, -0.15) is 0 Å². The van der Waals surface area contributed by atoms with E-state index in [1.165, 1.54) is 4.90 Å². The zero-order valence-corrected chi connectivity index (χ0v) is 11.5. The Kier molecular flexibility index (Phi) is 5.51. The number of nitrogens with zero attached hydrogens (tertiary/aromatic N) is 1. The zero-order valence-electron chi connectivity index (χ0n) is 10.6. The van der Waals surface area contributed by atoms with Gasteiger partial charge in [0.15, 0.2) is 0 Å².